The Morgan fingerprint density at radius 1 is 1.23 bits per heavy atom. The Morgan fingerprint density at radius 3 is 2.61 bits per heavy atom. The molecule has 10 heteroatoms. The number of halogens is 2. The van der Waals surface area contributed by atoms with E-state index in [1.165, 1.54) is 0 Å². The molecule has 0 radical (unpaired) electrons. The second kappa shape index (κ2) is 9.36. The minimum Gasteiger partial charge on any atom is -0.343 e. The molecule has 164 valence electrons. The van der Waals surface area contributed by atoms with Crippen LogP contribution in [0.1, 0.15) is 56.3 Å². The monoisotopic (exact) mass is 462 g/mol. The van der Waals surface area contributed by atoms with Gasteiger partial charge in [0.15, 0.2) is 11.2 Å². The molecule has 1 aliphatic rings. The van der Waals surface area contributed by atoms with Crippen molar-refractivity contribution in [3.63, 3.8) is 0 Å². The Morgan fingerprint density at radius 2 is 1.94 bits per heavy atom. The average Bonchev–Trinajstić information content (AvgIpc) is 3.18. The molecule has 3 heterocycles. The van der Waals surface area contributed by atoms with Crippen molar-refractivity contribution in [2.24, 2.45) is 0 Å². The molecule has 1 N–H and O–H groups in total. The SMILES string of the molecule is CCCCC(=O)N1CCC(c2nc3c(nnn3Cc3c(Cl)cccc3Cl)c(=O)[nH]2)CC1. The summed E-state index contributed by atoms with van der Waals surface area (Å²) in [5.74, 6) is 0.877. The summed E-state index contributed by atoms with van der Waals surface area (Å²) in [4.78, 5) is 34.3. The third kappa shape index (κ3) is 4.60. The molecule has 0 aliphatic carbocycles. The number of H-pyrrole nitrogens is 1. The van der Waals surface area contributed by atoms with E-state index in [0.717, 1.165) is 25.7 Å². The van der Waals surface area contributed by atoms with E-state index in [2.05, 4.69) is 27.2 Å². The molecule has 4 rings (SSSR count). The van der Waals surface area contributed by atoms with Crippen LogP contribution in [0.2, 0.25) is 10.0 Å². The van der Waals surface area contributed by atoms with Crippen molar-refractivity contribution in [3.05, 3.63) is 50.0 Å². The molecule has 1 saturated heterocycles. The number of aromatic amines is 1. The van der Waals surface area contributed by atoms with Gasteiger partial charge in [0.05, 0.1) is 6.54 Å². The Kier molecular flexibility index (Phi) is 6.57. The molecule has 0 saturated carbocycles. The molecule has 0 spiro atoms. The van der Waals surface area contributed by atoms with Gasteiger partial charge < -0.3 is 9.88 Å². The number of benzene rings is 1. The summed E-state index contributed by atoms with van der Waals surface area (Å²) in [6, 6.07) is 5.28. The van der Waals surface area contributed by atoms with Gasteiger partial charge in [0.25, 0.3) is 5.56 Å². The second-order valence-corrected chi connectivity index (χ2v) is 8.64. The summed E-state index contributed by atoms with van der Waals surface area (Å²) < 4.78 is 1.55. The maximum Gasteiger partial charge on any atom is 0.281 e. The summed E-state index contributed by atoms with van der Waals surface area (Å²) in [5.41, 5.74) is 0.952. The van der Waals surface area contributed by atoms with Gasteiger partial charge in [-0.05, 0) is 31.4 Å². The summed E-state index contributed by atoms with van der Waals surface area (Å²) in [7, 11) is 0. The van der Waals surface area contributed by atoms with Crippen LogP contribution in [-0.4, -0.2) is 48.9 Å². The van der Waals surface area contributed by atoms with Crippen LogP contribution in [0.15, 0.2) is 23.0 Å². The molecule has 1 aromatic carbocycles. The van der Waals surface area contributed by atoms with Crippen molar-refractivity contribution in [1.29, 1.82) is 0 Å². The minimum absolute atomic E-state index is 0.0691. The number of unbranched alkanes of at least 4 members (excludes halogenated alkanes) is 1. The number of carbonyl (C=O) groups is 1. The molecule has 1 amide bonds. The molecule has 3 aromatic rings. The number of carbonyl (C=O) groups excluding carboxylic acids is 1. The highest BCUT2D eigenvalue weighted by molar-refractivity contribution is 6.36. The summed E-state index contributed by atoms with van der Waals surface area (Å²) in [5, 5.41) is 9.12. The van der Waals surface area contributed by atoms with Crippen molar-refractivity contribution in [2.45, 2.75) is 51.5 Å². The minimum atomic E-state index is -0.321. The first-order valence-electron chi connectivity index (χ1n) is 10.5. The van der Waals surface area contributed by atoms with E-state index in [9.17, 15) is 9.59 Å². The first-order chi connectivity index (χ1) is 15.0. The standard InChI is InChI=1S/C21H24Cl2N6O2/c1-2-3-7-17(30)28-10-8-13(9-11-28)19-24-20-18(21(31)25-19)26-27-29(20)12-14-15(22)5-4-6-16(14)23/h4-6,13H,2-3,7-12H2,1H3,(H,24,25,31). The van der Waals surface area contributed by atoms with E-state index in [-0.39, 0.29) is 29.4 Å². The smallest absolute Gasteiger partial charge is 0.281 e. The quantitative estimate of drug-likeness (QED) is 0.601. The van der Waals surface area contributed by atoms with Crippen LogP contribution in [0.3, 0.4) is 0 Å². The van der Waals surface area contributed by atoms with Crippen LogP contribution in [0.5, 0.6) is 0 Å². The molecular weight excluding hydrogens is 439 g/mol. The maximum atomic E-state index is 12.6. The lowest BCUT2D eigenvalue weighted by Gasteiger charge is -2.31. The van der Waals surface area contributed by atoms with E-state index in [1.807, 2.05) is 4.90 Å². The zero-order valence-electron chi connectivity index (χ0n) is 17.3. The summed E-state index contributed by atoms with van der Waals surface area (Å²) in [6.45, 7) is 3.68. The molecule has 0 bridgehead atoms. The molecule has 1 aliphatic heterocycles. The Hall–Kier alpha value is -2.45. The van der Waals surface area contributed by atoms with E-state index < -0.39 is 0 Å². The van der Waals surface area contributed by atoms with Crippen molar-refractivity contribution in [2.75, 3.05) is 13.1 Å². The molecule has 0 atom stereocenters. The van der Waals surface area contributed by atoms with Gasteiger partial charge in [-0.3, -0.25) is 9.59 Å². The molecule has 1 fully saturated rings. The van der Waals surface area contributed by atoms with E-state index >= 15 is 0 Å². The van der Waals surface area contributed by atoms with Crippen LogP contribution in [0.4, 0.5) is 0 Å². The first kappa shape index (κ1) is 21.8. The molecule has 8 nitrogen and oxygen atoms in total. The van der Waals surface area contributed by atoms with Crippen LogP contribution in [0, 0.1) is 0 Å². The largest absolute Gasteiger partial charge is 0.343 e. The van der Waals surface area contributed by atoms with Crippen LogP contribution in [-0.2, 0) is 11.3 Å². The highest BCUT2D eigenvalue weighted by atomic mass is 35.5. The van der Waals surface area contributed by atoms with Crippen LogP contribution in [0.25, 0.3) is 11.2 Å². The fourth-order valence-corrected chi connectivity index (χ4v) is 4.42. The number of hydrogen-bond acceptors (Lipinski definition) is 5. The number of aromatic nitrogens is 5. The maximum absolute atomic E-state index is 12.6. The lowest BCUT2D eigenvalue weighted by Crippen LogP contribution is -2.38. The van der Waals surface area contributed by atoms with Gasteiger partial charge in [-0.2, -0.15) is 0 Å². The fourth-order valence-electron chi connectivity index (χ4n) is 3.90. The lowest BCUT2D eigenvalue weighted by molar-refractivity contribution is -0.132. The molecule has 31 heavy (non-hydrogen) atoms. The summed E-state index contributed by atoms with van der Waals surface area (Å²) >= 11 is 12.6. The lowest BCUT2D eigenvalue weighted by atomic mass is 9.95. The van der Waals surface area contributed by atoms with Crippen molar-refractivity contribution in [3.8, 4) is 0 Å². The van der Waals surface area contributed by atoms with Gasteiger partial charge in [0.1, 0.15) is 5.82 Å². The number of rotatable bonds is 6. The fraction of sp³-hybridized carbons (Fsp3) is 0.476. The van der Waals surface area contributed by atoms with Gasteiger partial charge in [0.2, 0.25) is 5.91 Å². The van der Waals surface area contributed by atoms with Crippen LogP contribution >= 0.6 is 23.2 Å². The number of likely N-dealkylation sites (tertiary alicyclic amines) is 1. The number of fused-ring (bicyclic) bond motifs is 1. The number of amides is 1. The van der Waals surface area contributed by atoms with Gasteiger partial charge in [0, 0.05) is 41.0 Å². The Labute approximate surface area is 189 Å². The molecular formula is C21H24Cl2N6O2. The topological polar surface area (TPSA) is 96.8 Å². The van der Waals surface area contributed by atoms with E-state index in [0.29, 0.717) is 46.6 Å². The zero-order chi connectivity index (χ0) is 22.0. The van der Waals surface area contributed by atoms with Gasteiger partial charge >= 0.3 is 0 Å². The predicted octanol–water partition coefficient (Wildman–Crippen LogP) is 3.77. The zero-order valence-corrected chi connectivity index (χ0v) is 18.8. The van der Waals surface area contributed by atoms with E-state index in [1.54, 1.807) is 22.9 Å². The number of hydrogen-bond donors (Lipinski definition) is 1. The summed E-state index contributed by atoms with van der Waals surface area (Å²) in [6.07, 6.45) is 4.03. The second-order valence-electron chi connectivity index (χ2n) is 7.83. The molecule has 0 unspecified atom stereocenters. The van der Waals surface area contributed by atoms with Crippen LogP contribution < -0.4 is 5.56 Å². The van der Waals surface area contributed by atoms with Gasteiger partial charge in [-0.25, -0.2) is 9.67 Å². The third-order valence-electron chi connectivity index (χ3n) is 5.74. The Balaban J connectivity index is 1.56. The number of piperidine rings is 1. The van der Waals surface area contributed by atoms with Gasteiger partial charge in [-0.15, -0.1) is 5.10 Å². The third-order valence-corrected chi connectivity index (χ3v) is 6.45. The Bertz CT molecular complexity index is 1130. The number of nitrogens with one attached hydrogen (secondary N) is 1. The highest BCUT2D eigenvalue weighted by Crippen LogP contribution is 2.28. The van der Waals surface area contributed by atoms with Crippen molar-refractivity contribution >= 4 is 40.3 Å². The number of nitrogens with zero attached hydrogens (tertiary/aromatic N) is 5. The molecule has 2 aromatic heterocycles. The average molecular weight is 463 g/mol. The predicted molar refractivity (Wildman–Crippen MR) is 120 cm³/mol. The van der Waals surface area contributed by atoms with E-state index in [4.69, 9.17) is 23.2 Å². The van der Waals surface area contributed by atoms with Crippen molar-refractivity contribution in [1.82, 2.24) is 29.9 Å². The first-order valence-corrected chi connectivity index (χ1v) is 11.3. The highest BCUT2D eigenvalue weighted by Gasteiger charge is 2.26. The van der Waals surface area contributed by atoms with Gasteiger partial charge in [-0.1, -0.05) is 47.8 Å². The van der Waals surface area contributed by atoms with Crippen molar-refractivity contribution < 1.29 is 4.79 Å². The normalized spacial score (nSPS) is 15.0.